The maximum Gasteiger partial charge on any atom is 0.227 e. The molecule has 1 aromatic heterocycles. The molecule has 0 saturated carbocycles. The molecule has 1 unspecified atom stereocenters. The zero-order chi connectivity index (χ0) is 19.4. The molecular formula is C20H27N3O4. The van der Waals surface area contributed by atoms with Gasteiger partial charge in [-0.25, -0.2) is 0 Å². The Morgan fingerprint density at radius 2 is 2.15 bits per heavy atom. The van der Waals surface area contributed by atoms with Gasteiger partial charge in [0.05, 0.1) is 20.3 Å². The van der Waals surface area contributed by atoms with Gasteiger partial charge in [-0.1, -0.05) is 19.0 Å². The van der Waals surface area contributed by atoms with Gasteiger partial charge >= 0.3 is 0 Å². The monoisotopic (exact) mass is 373 g/mol. The molecular weight excluding hydrogens is 346 g/mol. The number of aryl methyl sites for hydroxylation is 1. The van der Waals surface area contributed by atoms with E-state index in [9.17, 15) is 4.79 Å². The smallest absolute Gasteiger partial charge is 0.227 e. The van der Waals surface area contributed by atoms with Gasteiger partial charge in [0.25, 0.3) is 0 Å². The van der Waals surface area contributed by atoms with Gasteiger partial charge in [0.1, 0.15) is 11.5 Å². The lowest BCUT2D eigenvalue weighted by atomic mass is 10.0. The predicted octanol–water partition coefficient (Wildman–Crippen LogP) is 3.51. The third-order valence-corrected chi connectivity index (χ3v) is 4.93. The number of ether oxygens (including phenoxy) is 2. The fraction of sp³-hybridized carbons (Fsp3) is 0.550. The zero-order valence-electron chi connectivity index (χ0n) is 16.4. The van der Waals surface area contributed by atoms with E-state index in [1.54, 1.807) is 14.2 Å². The van der Waals surface area contributed by atoms with Crippen LogP contribution in [0.4, 0.5) is 0 Å². The minimum atomic E-state index is 0.0206. The molecule has 0 bridgehead atoms. The maximum absolute atomic E-state index is 12.8. The number of methoxy groups -OCH3 is 2. The predicted molar refractivity (Wildman–Crippen MR) is 99.9 cm³/mol. The number of rotatable bonds is 7. The Morgan fingerprint density at radius 1 is 1.33 bits per heavy atom. The molecule has 1 atom stereocenters. The van der Waals surface area contributed by atoms with E-state index in [1.165, 1.54) is 0 Å². The summed E-state index contributed by atoms with van der Waals surface area (Å²) in [6.07, 6.45) is 2.71. The number of likely N-dealkylation sites (tertiary alicyclic amines) is 1. The number of hydrogen-bond donors (Lipinski definition) is 0. The Morgan fingerprint density at radius 3 is 2.81 bits per heavy atom. The lowest BCUT2D eigenvalue weighted by Gasteiger charge is -2.26. The molecule has 1 aromatic carbocycles. The molecule has 7 nitrogen and oxygen atoms in total. The lowest BCUT2D eigenvalue weighted by molar-refractivity contribution is -0.132. The van der Waals surface area contributed by atoms with Crippen molar-refractivity contribution < 1.29 is 18.8 Å². The Labute approximate surface area is 159 Å². The highest BCUT2D eigenvalue weighted by Crippen LogP contribution is 2.39. The number of aromatic nitrogens is 2. The number of carbonyl (C=O) groups is 1. The maximum atomic E-state index is 12.8. The van der Waals surface area contributed by atoms with Gasteiger partial charge in [0.2, 0.25) is 11.8 Å². The first-order valence-electron chi connectivity index (χ1n) is 9.37. The molecule has 1 amide bonds. The first kappa shape index (κ1) is 19.2. The number of benzene rings is 1. The molecule has 2 aromatic rings. The summed E-state index contributed by atoms with van der Waals surface area (Å²) in [4.78, 5) is 19.1. The number of carbonyl (C=O) groups excluding carboxylic acids is 1. The molecule has 146 valence electrons. The second kappa shape index (κ2) is 8.41. The van der Waals surface area contributed by atoms with Crippen molar-refractivity contribution >= 4 is 5.91 Å². The second-order valence-corrected chi connectivity index (χ2v) is 7.05. The van der Waals surface area contributed by atoms with Crippen molar-refractivity contribution in [3.8, 4) is 11.5 Å². The van der Waals surface area contributed by atoms with Crippen molar-refractivity contribution in [2.75, 3.05) is 20.8 Å². The van der Waals surface area contributed by atoms with Gasteiger partial charge in [-0.3, -0.25) is 4.79 Å². The summed E-state index contributed by atoms with van der Waals surface area (Å²) in [6.45, 7) is 4.77. The molecule has 0 radical (unpaired) electrons. The summed E-state index contributed by atoms with van der Waals surface area (Å²) in [5.74, 6) is 2.99. The molecule has 1 aliphatic rings. The Balaban J connectivity index is 1.69. The van der Waals surface area contributed by atoms with Crippen LogP contribution in [0.2, 0.25) is 0 Å². The summed E-state index contributed by atoms with van der Waals surface area (Å²) in [6, 6.07) is 5.78. The van der Waals surface area contributed by atoms with Gasteiger partial charge in [-0.2, -0.15) is 4.98 Å². The van der Waals surface area contributed by atoms with E-state index in [1.807, 2.05) is 36.9 Å². The molecule has 7 heteroatoms. The van der Waals surface area contributed by atoms with E-state index in [-0.39, 0.29) is 17.9 Å². The van der Waals surface area contributed by atoms with Crippen molar-refractivity contribution in [2.45, 2.75) is 51.5 Å². The lowest BCUT2D eigenvalue weighted by Crippen LogP contribution is -2.31. The highest BCUT2D eigenvalue weighted by Gasteiger charge is 2.32. The third-order valence-electron chi connectivity index (χ3n) is 4.93. The first-order valence-corrected chi connectivity index (χ1v) is 9.37. The number of nitrogens with zero attached hydrogens (tertiary/aromatic N) is 3. The van der Waals surface area contributed by atoms with E-state index in [4.69, 9.17) is 14.0 Å². The van der Waals surface area contributed by atoms with Crippen molar-refractivity contribution in [3.63, 3.8) is 0 Å². The third kappa shape index (κ3) is 4.23. The minimum Gasteiger partial charge on any atom is -0.497 e. The van der Waals surface area contributed by atoms with Gasteiger partial charge in [0.15, 0.2) is 5.82 Å². The van der Waals surface area contributed by atoms with Crippen LogP contribution in [-0.4, -0.2) is 41.7 Å². The standard InChI is InChI=1S/C20H27N3O4/c1-13(2)20-21-18(27-22-20)9-10-19(24)23-11-5-6-16(23)15-8-7-14(25-3)12-17(15)26-4/h7-8,12-13,16H,5-6,9-11H2,1-4H3. The summed E-state index contributed by atoms with van der Waals surface area (Å²) in [5, 5.41) is 3.95. The molecule has 2 heterocycles. The van der Waals surface area contributed by atoms with Crippen LogP contribution in [0.1, 0.15) is 62.3 Å². The second-order valence-electron chi connectivity index (χ2n) is 7.05. The molecule has 1 fully saturated rings. The SMILES string of the molecule is COc1ccc(C2CCCN2C(=O)CCc2nc(C(C)C)no2)c(OC)c1. The number of amides is 1. The topological polar surface area (TPSA) is 77.7 Å². The van der Waals surface area contributed by atoms with Crippen LogP contribution in [0.25, 0.3) is 0 Å². The van der Waals surface area contributed by atoms with Crippen molar-refractivity contribution in [1.82, 2.24) is 15.0 Å². The molecule has 27 heavy (non-hydrogen) atoms. The van der Waals surface area contributed by atoms with Crippen molar-refractivity contribution in [3.05, 3.63) is 35.5 Å². The van der Waals surface area contributed by atoms with Gasteiger partial charge < -0.3 is 18.9 Å². The van der Waals surface area contributed by atoms with Crippen molar-refractivity contribution in [2.24, 2.45) is 0 Å². The normalized spacial score (nSPS) is 16.8. The Hall–Kier alpha value is -2.57. The van der Waals surface area contributed by atoms with Crippen LogP contribution in [0.3, 0.4) is 0 Å². The van der Waals surface area contributed by atoms with Crippen LogP contribution >= 0.6 is 0 Å². The fourth-order valence-corrected chi connectivity index (χ4v) is 3.44. The van der Waals surface area contributed by atoms with E-state index < -0.39 is 0 Å². The Kier molecular flexibility index (Phi) is 5.98. The van der Waals surface area contributed by atoms with E-state index in [2.05, 4.69) is 10.1 Å². The zero-order valence-corrected chi connectivity index (χ0v) is 16.4. The van der Waals surface area contributed by atoms with Crippen LogP contribution in [0.15, 0.2) is 22.7 Å². The first-order chi connectivity index (χ1) is 13.0. The van der Waals surface area contributed by atoms with E-state index >= 15 is 0 Å². The van der Waals surface area contributed by atoms with Gasteiger partial charge in [-0.15, -0.1) is 0 Å². The summed E-state index contributed by atoms with van der Waals surface area (Å²) in [7, 11) is 3.27. The van der Waals surface area contributed by atoms with E-state index in [0.29, 0.717) is 24.6 Å². The summed E-state index contributed by atoms with van der Waals surface area (Å²) < 4.78 is 16.0. The molecule has 0 spiro atoms. The highest BCUT2D eigenvalue weighted by atomic mass is 16.5. The van der Waals surface area contributed by atoms with Crippen molar-refractivity contribution in [1.29, 1.82) is 0 Å². The Bertz CT molecular complexity index is 787. The van der Waals surface area contributed by atoms with Crippen LogP contribution < -0.4 is 9.47 Å². The molecule has 3 rings (SSSR count). The summed E-state index contributed by atoms with van der Waals surface area (Å²) >= 11 is 0. The largest absolute Gasteiger partial charge is 0.497 e. The van der Waals surface area contributed by atoms with Crippen LogP contribution in [0, 0.1) is 0 Å². The van der Waals surface area contributed by atoms with Gasteiger partial charge in [-0.05, 0) is 25.0 Å². The average Bonchev–Trinajstić information content (AvgIpc) is 3.35. The average molecular weight is 373 g/mol. The highest BCUT2D eigenvalue weighted by molar-refractivity contribution is 5.77. The molecule has 1 aliphatic heterocycles. The summed E-state index contributed by atoms with van der Waals surface area (Å²) in [5.41, 5.74) is 1.02. The minimum absolute atomic E-state index is 0.0206. The molecule has 0 aliphatic carbocycles. The molecule has 0 N–H and O–H groups in total. The number of hydrogen-bond acceptors (Lipinski definition) is 6. The quantitative estimate of drug-likeness (QED) is 0.739. The molecule has 1 saturated heterocycles. The van der Waals surface area contributed by atoms with E-state index in [0.717, 1.165) is 36.4 Å². The fourth-order valence-electron chi connectivity index (χ4n) is 3.44. The van der Waals surface area contributed by atoms with Crippen LogP contribution in [-0.2, 0) is 11.2 Å². The van der Waals surface area contributed by atoms with Gasteiger partial charge in [0, 0.05) is 36.9 Å². The van der Waals surface area contributed by atoms with Crippen LogP contribution in [0.5, 0.6) is 11.5 Å².